The fourth-order valence-corrected chi connectivity index (χ4v) is 2.50. The average molecular weight is 366 g/mol. The molecule has 0 saturated carbocycles. The molecule has 1 aromatic rings. The summed E-state index contributed by atoms with van der Waals surface area (Å²) in [6.07, 6.45) is -4.46. The highest BCUT2D eigenvalue weighted by atomic mass is 79.9. The van der Waals surface area contributed by atoms with E-state index in [1.54, 1.807) is 4.90 Å². The number of carbonyl (C=O) groups excluding carboxylic acids is 1. The molecular formula is C13H15BrF3N3O. The highest BCUT2D eigenvalue weighted by Crippen LogP contribution is 2.36. The predicted molar refractivity (Wildman–Crippen MR) is 77.2 cm³/mol. The Morgan fingerprint density at radius 1 is 1.24 bits per heavy atom. The largest absolute Gasteiger partial charge is 0.417 e. The smallest absolute Gasteiger partial charge is 0.322 e. The second-order valence-corrected chi connectivity index (χ2v) is 5.77. The number of urea groups is 1. The topological polar surface area (TPSA) is 35.6 Å². The molecule has 0 bridgehead atoms. The summed E-state index contributed by atoms with van der Waals surface area (Å²) in [4.78, 5) is 15.7. The van der Waals surface area contributed by atoms with E-state index in [0.29, 0.717) is 13.1 Å². The second kappa shape index (κ2) is 6.23. The number of rotatable bonds is 1. The van der Waals surface area contributed by atoms with E-state index in [1.807, 2.05) is 7.05 Å². The molecule has 1 aliphatic heterocycles. The van der Waals surface area contributed by atoms with E-state index in [4.69, 9.17) is 0 Å². The molecule has 2 rings (SSSR count). The highest BCUT2D eigenvalue weighted by molar-refractivity contribution is 9.10. The van der Waals surface area contributed by atoms with E-state index in [-0.39, 0.29) is 16.2 Å². The molecule has 21 heavy (non-hydrogen) atoms. The number of benzene rings is 1. The number of nitrogens with one attached hydrogen (secondary N) is 1. The van der Waals surface area contributed by atoms with E-state index in [2.05, 4.69) is 26.1 Å². The maximum atomic E-state index is 12.8. The number of hydrogen-bond acceptors (Lipinski definition) is 2. The van der Waals surface area contributed by atoms with E-state index in [1.165, 1.54) is 12.1 Å². The molecule has 1 saturated heterocycles. The lowest BCUT2D eigenvalue weighted by Crippen LogP contribution is -2.48. The Labute approximate surface area is 129 Å². The predicted octanol–water partition coefficient (Wildman–Crippen LogP) is 3.25. The van der Waals surface area contributed by atoms with Crippen LogP contribution in [0.1, 0.15) is 5.56 Å². The van der Waals surface area contributed by atoms with Crippen LogP contribution in [0.4, 0.5) is 23.7 Å². The van der Waals surface area contributed by atoms with Gasteiger partial charge in [0.1, 0.15) is 0 Å². The minimum absolute atomic E-state index is 0.0485. The van der Waals surface area contributed by atoms with Crippen molar-refractivity contribution in [1.82, 2.24) is 9.80 Å². The van der Waals surface area contributed by atoms with Gasteiger partial charge in [-0.05, 0) is 25.2 Å². The Kier molecular flexibility index (Phi) is 4.77. The Morgan fingerprint density at radius 2 is 1.86 bits per heavy atom. The number of likely N-dealkylation sites (N-methyl/N-ethyl adjacent to an activating group) is 1. The average Bonchev–Trinajstić information content (AvgIpc) is 2.40. The Balaban J connectivity index is 2.08. The number of piperazine rings is 1. The summed E-state index contributed by atoms with van der Waals surface area (Å²) in [7, 11) is 1.96. The zero-order valence-electron chi connectivity index (χ0n) is 11.4. The van der Waals surface area contributed by atoms with Crippen molar-refractivity contribution < 1.29 is 18.0 Å². The molecule has 2 amide bonds. The van der Waals surface area contributed by atoms with Crippen LogP contribution in [0.15, 0.2) is 22.7 Å². The van der Waals surface area contributed by atoms with Gasteiger partial charge in [0.25, 0.3) is 0 Å². The van der Waals surface area contributed by atoms with Gasteiger partial charge in [-0.25, -0.2) is 4.79 Å². The lowest BCUT2D eigenvalue weighted by molar-refractivity contribution is -0.138. The van der Waals surface area contributed by atoms with Gasteiger partial charge in [0, 0.05) is 36.3 Å². The van der Waals surface area contributed by atoms with Crippen LogP contribution in [-0.4, -0.2) is 49.1 Å². The van der Waals surface area contributed by atoms with Crippen LogP contribution in [0.5, 0.6) is 0 Å². The quantitative estimate of drug-likeness (QED) is 0.828. The van der Waals surface area contributed by atoms with E-state index < -0.39 is 11.7 Å². The van der Waals surface area contributed by atoms with Gasteiger partial charge >= 0.3 is 12.2 Å². The standard InChI is InChI=1S/C13H15BrF3N3O/c1-19-4-6-20(7-5-19)12(21)18-9-2-3-11(14)10(8-9)13(15,16)17/h2-3,8H,4-7H2,1H3,(H,18,21). The molecule has 1 aromatic carbocycles. The highest BCUT2D eigenvalue weighted by Gasteiger charge is 2.33. The van der Waals surface area contributed by atoms with Gasteiger partial charge in [0.05, 0.1) is 5.56 Å². The number of alkyl halides is 3. The lowest BCUT2D eigenvalue weighted by atomic mass is 10.2. The van der Waals surface area contributed by atoms with Crippen molar-refractivity contribution in [3.8, 4) is 0 Å². The summed E-state index contributed by atoms with van der Waals surface area (Å²) < 4.78 is 38.4. The number of nitrogens with zero attached hydrogens (tertiary/aromatic N) is 2. The minimum atomic E-state index is -4.46. The zero-order valence-corrected chi connectivity index (χ0v) is 13.0. The molecule has 0 aromatic heterocycles. The monoisotopic (exact) mass is 365 g/mol. The fourth-order valence-electron chi connectivity index (χ4n) is 2.03. The third kappa shape index (κ3) is 4.10. The molecular weight excluding hydrogens is 351 g/mol. The minimum Gasteiger partial charge on any atom is -0.322 e. The molecule has 1 aliphatic rings. The number of anilines is 1. The SMILES string of the molecule is CN1CCN(C(=O)Nc2ccc(Br)c(C(F)(F)F)c2)CC1. The molecule has 1 N–H and O–H groups in total. The maximum Gasteiger partial charge on any atom is 0.417 e. The van der Waals surface area contributed by atoms with E-state index >= 15 is 0 Å². The molecule has 0 radical (unpaired) electrons. The van der Waals surface area contributed by atoms with Gasteiger partial charge < -0.3 is 15.1 Å². The summed E-state index contributed by atoms with van der Waals surface area (Å²) in [5.41, 5.74) is -0.673. The van der Waals surface area contributed by atoms with Crippen LogP contribution in [0.2, 0.25) is 0 Å². The third-order valence-corrected chi connectivity index (χ3v) is 4.01. The molecule has 8 heteroatoms. The normalized spacial score (nSPS) is 16.9. The number of hydrogen-bond donors (Lipinski definition) is 1. The van der Waals surface area contributed by atoms with Crippen LogP contribution in [0.3, 0.4) is 0 Å². The summed E-state index contributed by atoms with van der Waals surface area (Å²) in [6.45, 7) is 2.62. The first kappa shape index (κ1) is 16.1. The van der Waals surface area contributed by atoms with Gasteiger partial charge in [0.15, 0.2) is 0 Å². The Morgan fingerprint density at radius 3 is 2.43 bits per heavy atom. The molecule has 0 spiro atoms. The number of amides is 2. The van der Waals surface area contributed by atoms with Crippen molar-refractivity contribution in [2.45, 2.75) is 6.18 Å². The van der Waals surface area contributed by atoms with Gasteiger partial charge in [-0.3, -0.25) is 0 Å². The molecule has 1 heterocycles. The Hall–Kier alpha value is -1.28. The second-order valence-electron chi connectivity index (χ2n) is 4.91. The third-order valence-electron chi connectivity index (χ3n) is 3.31. The molecule has 0 atom stereocenters. The van der Waals surface area contributed by atoms with Crippen molar-refractivity contribution >= 4 is 27.6 Å². The van der Waals surface area contributed by atoms with Crippen molar-refractivity contribution in [3.05, 3.63) is 28.2 Å². The van der Waals surface area contributed by atoms with Gasteiger partial charge in [-0.2, -0.15) is 13.2 Å². The molecule has 1 fully saturated rings. The van der Waals surface area contributed by atoms with E-state index in [0.717, 1.165) is 19.2 Å². The summed E-state index contributed by atoms with van der Waals surface area (Å²) >= 11 is 2.87. The van der Waals surface area contributed by atoms with Crippen molar-refractivity contribution in [1.29, 1.82) is 0 Å². The first-order valence-corrected chi connectivity index (χ1v) is 7.18. The van der Waals surface area contributed by atoms with Crippen LogP contribution in [-0.2, 0) is 6.18 Å². The first-order chi connectivity index (χ1) is 9.77. The number of carbonyl (C=O) groups is 1. The maximum absolute atomic E-state index is 12.8. The van der Waals surface area contributed by atoms with Crippen molar-refractivity contribution in [3.63, 3.8) is 0 Å². The lowest BCUT2D eigenvalue weighted by Gasteiger charge is -2.32. The van der Waals surface area contributed by atoms with Gasteiger partial charge in [-0.15, -0.1) is 0 Å². The zero-order chi connectivity index (χ0) is 15.6. The van der Waals surface area contributed by atoms with Crippen LogP contribution >= 0.6 is 15.9 Å². The fraction of sp³-hybridized carbons (Fsp3) is 0.462. The van der Waals surface area contributed by atoms with Crippen molar-refractivity contribution in [2.75, 3.05) is 38.5 Å². The summed E-state index contributed by atoms with van der Waals surface area (Å²) in [5.74, 6) is 0. The molecule has 116 valence electrons. The molecule has 4 nitrogen and oxygen atoms in total. The summed E-state index contributed by atoms with van der Waals surface area (Å²) in [5, 5.41) is 2.51. The summed E-state index contributed by atoms with van der Waals surface area (Å²) in [6, 6.07) is 3.27. The van der Waals surface area contributed by atoms with E-state index in [9.17, 15) is 18.0 Å². The van der Waals surface area contributed by atoms with Crippen LogP contribution in [0.25, 0.3) is 0 Å². The van der Waals surface area contributed by atoms with Crippen LogP contribution < -0.4 is 5.32 Å². The van der Waals surface area contributed by atoms with Crippen molar-refractivity contribution in [2.24, 2.45) is 0 Å². The molecule has 0 unspecified atom stereocenters. The number of halogens is 4. The Bertz CT molecular complexity index is 528. The van der Waals surface area contributed by atoms with Gasteiger partial charge in [0.2, 0.25) is 0 Å². The first-order valence-electron chi connectivity index (χ1n) is 6.38. The van der Waals surface area contributed by atoms with Crippen LogP contribution in [0, 0.1) is 0 Å². The van der Waals surface area contributed by atoms with Gasteiger partial charge in [-0.1, -0.05) is 15.9 Å². The molecule has 0 aliphatic carbocycles.